The Morgan fingerprint density at radius 3 is 2.65 bits per heavy atom. The minimum absolute atomic E-state index is 0.512. The average molecular weight is 236 g/mol. The fraction of sp³-hybridized carbons (Fsp3) is 0.615. The van der Waals surface area contributed by atoms with E-state index in [0.717, 1.165) is 25.3 Å². The zero-order valence-electron chi connectivity index (χ0n) is 11.2. The molecule has 0 fully saturated rings. The third-order valence-electron chi connectivity index (χ3n) is 2.69. The second kappa shape index (κ2) is 7.37. The molecule has 96 valence electrons. The first-order chi connectivity index (χ1) is 8.11. The van der Waals surface area contributed by atoms with Gasteiger partial charge in [-0.25, -0.2) is 0 Å². The molecule has 1 aromatic rings. The van der Waals surface area contributed by atoms with Crippen LogP contribution in [0, 0.1) is 0 Å². The van der Waals surface area contributed by atoms with E-state index in [2.05, 4.69) is 48.1 Å². The molecule has 0 aliphatic carbocycles. The van der Waals surface area contributed by atoms with Crippen LogP contribution in [0.5, 0.6) is 0 Å². The molecule has 1 aromatic heterocycles. The maximum atomic E-state index is 5.58. The van der Waals surface area contributed by atoms with Gasteiger partial charge in [-0.3, -0.25) is 4.98 Å². The maximum Gasteiger partial charge on any atom is 0.0542 e. The number of nitrogens with zero attached hydrogens (tertiary/aromatic N) is 3. The standard InChI is InChI=1S/C13H24N4/c1-16(2)7-4-8-17(3)11-12-5-6-15-13(9-12)10-14/h5-6,9H,4,7-8,10-11,14H2,1-3H3. The Kier molecular flexibility index (Phi) is 6.11. The zero-order chi connectivity index (χ0) is 12.7. The van der Waals surface area contributed by atoms with Crippen LogP contribution in [-0.4, -0.2) is 49.0 Å². The van der Waals surface area contributed by atoms with Gasteiger partial charge >= 0.3 is 0 Å². The molecule has 0 aliphatic heterocycles. The van der Waals surface area contributed by atoms with Crippen LogP contribution >= 0.6 is 0 Å². The van der Waals surface area contributed by atoms with Crippen molar-refractivity contribution in [3.05, 3.63) is 29.6 Å². The lowest BCUT2D eigenvalue weighted by atomic mass is 10.2. The molecule has 0 atom stereocenters. The van der Waals surface area contributed by atoms with Crippen molar-refractivity contribution >= 4 is 0 Å². The monoisotopic (exact) mass is 236 g/mol. The zero-order valence-corrected chi connectivity index (χ0v) is 11.2. The van der Waals surface area contributed by atoms with Crippen LogP contribution in [0.25, 0.3) is 0 Å². The van der Waals surface area contributed by atoms with Crippen molar-refractivity contribution < 1.29 is 0 Å². The summed E-state index contributed by atoms with van der Waals surface area (Å²) in [7, 11) is 6.37. The molecule has 2 N–H and O–H groups in total. The lowest BCUT2D eigenvalue weighted by Gasteiger charge is -2.18. The van der Waals surface area contributed by atoms with Crippen LogP contribution in [0.15, 0.2) is 18.3 Å². The number of pyridine rings is 1. The summed E-state index contributed by atoms with van der Waals surface area (Å²) < 4.78 is 0. The SMILES string of the molecule is CN(C)CCCN(C)Cc1ccnc(CN)c1. The highest BCUT2D eigenvalue weighted by Crippen LogP contribution is 2.05. The molecule has 4 heteroatoms. The van der Waals surface area contributed by atoms with E-state index in [9.17, 15) is 0 Å². The van der Waals surface area contributed by atoms with Gasteiger partial charge in [0.15, 0.2) is 0 Å². The van der Waals surface area contributed by atoms with Gasteiger partial charge in [-0.2, -0.15) is 0 Å². The van der Waals surface area contributed by atoms with Crippen LogP contribution < -0.4 is 5.73 Å². The van der Waals surface area contributed by atoms with E-state index in [4.69, 9.17) is 5.73 Å². The van der Waals surface area contributed by atoms with Gasteiger partial charge in [-0.15, -0.1) is 0 Å². The fourth-order valence-electron chi connectivity index (χ4n) is 1.79. The van der Waals surface area contributed by atoms with E-state index in [0.29, 0.717) is 6.54 Å². The fourth-order valence-corrected chi connectivity index (χ4v) is 1.79. The number of rotatable bonds is 7. The van der Waals surface area contributed by atoms with Gasteiger partial charge in [-0.05, 0) is 58.3 Å². The normalized spacial score (nSPS) is 11.4. The first kappa shape index (κ1) is 14.1. The Labute approximate surface area is 104 Å². The van der Waals surface area contributed by atoms with Crippen molar-refractivity contribution in [3.63, 3.8) is 0 Å². The second-order valence-electron chi connectivity index (χ2n) is 4.75. The Hall–Kier alpha value is -0.970. The molecule has 0 unspecified atom stereocenters. The van der Waals surface area contributed by atoms with Gasteiger partial charge in [0.2, 0.25) is 0 Å². The Morgan fingerprint density at radius 1 is 1.24 bits per heavy atom. The van der Waals surface area contributed by atoms with E-state index in [-0.39, 0.29) is 0 Å². The van der Waals surface area contributed by atoms with Crippen LogP contribution in [0.4, 0.5) is 0 Å². The summed E-state index contributed by atoms with van der Waals surface area (Å²) in [6, 6.07) is 4.14. The van der Waals surface area contributed by atoms with E-state index in [1.807, 2.05) is 6.20 Å². The van der Waals surface area contributed by atoms with Crippen molar-refractivity contribution in [3.8, 4) is 0 Å². The summed E-state index contributed by atoms with van der Waals surface area (Å²) >= 11 is 0. The van der Waals surface area contributed by atoms with Crippen LogP contribution in [0.1, 0.15) is 17.7 Å². The predicted octanol–water partition coefficient (Wildman–Crippen LogP) is 0.924. The first-order valence-electron chi connectivity index (χ1n) is 6.09. The summed E-state index contributed by atoms with van der Waals surface area (Å²) in [5.74, 6) is 0. The summed E-state index contributed by atoms with van der Waals surface area (Å²) in [6.45, 7) is 3.72. The molecule has 0 radical (unpaired) electrons. The van der Waals surface area contributed by atoms with E-state index in [1.165, 1.54) is 12.0 Å². The predicted molar refractivity (Wildman–Crippen MR) is 71.6 cm³/mol. The topological polar surface area (TPSA) is 45.4 Å². The van der Waals surface area contributed by atoms with Gasteiger partial charge in [0.1, 0.15) is 0 Å². The number of hydrogen-bond donors (Lipinski definition) is 1. The van der Waals surface area contributed by atoms with Gasteiger partial charge in [-0.1, -0.05) is 0 Å². The van der Waals surface area contributed by atoms with Crippen molar-refractivity contribution in [1.29, 1.82) is 0 Å². The summed E-state index contributed by atoms with van der Waals surface area (Å²) in [6.07, 6.45) is 3.03. The summed E-state index contributed by atoms with van der Waals surface area (Å²) in [5, 5.41) is 0. The van der Waals surface area contributed by atoms with Gasteiger partial charge in [0.25, 0.3) is 0 Å². The third kappa shape index (κ3) is 5.77. The molecular weight excluding hydrogens is 212 g/mol. The Bertz CT molecular complexity index is 325. The Morgan fingerprint density at radius 2 is 2.00 bits per heavy atom. The summed E-state index contributed by atoms with van der Waals surface area (Å²) in [5.41, 5.74) is 7.83. The second-order valence-corrected chi connectivity index (χ2v) is 4.75. The van der Waals surface area contributed by atoms with Crippen molar-refractivity contribution in [2.24, 2.45) is 5.73 Å². The molecule has 17 heavy (non-hydrogen) atoms. The average Bonchev–Trinajstić information content (AvgIpc) is 2.28. The molecule has 0 bridgehead atoms. The molecule has 0 saturated carbocycles. The minimum atomic E-state index is 0.512. The van der Waals surface area contributed by atoms with E-state index < -0.39 is 0 Å². The lowest BCUT2D eigenvalue weighted by Crippen LogP contribution is -2.23. The molecule has 1 rings (SSSR count). The van der Waals surface area contributed by atoms with Gasteiger partial charge in [0, 0.05) is 19.3 Å². The summed E-state index contributed by atoms with van der Waals surface area (Å²) in [4.78, 5) is 8.75. The molecule has 0 saturated heterocycles. The van der Waals surface area contributed by atoms with Crippen molar-refractivity contribution in [1.82, 2.24) is 14.8 Å². The highest BCUT2D eigenvalue weighted by molar-refractivity contribution is 5.16. The molecule has 0 spiro atoms. The van der Waals surface area contributed by atoms with Crippen LogP contribution in [-0.2, 0) is 13.1 Å². The number of nitrogens with two attached hydrogens (primary N) is 1. The Balaban J connectivity index is 2.36. The molecule has 1 heterocycles. The van der Waals surface area contributed by atoms with E-state index in [1.54, 1.807) is 0 Å². The van der Waals surface area contributed by atoms with Gasteiger partial charge < -0.3 is 15.5 Å². The molecule has 0 amide bonds. The van der Waals surface area contributed by atoms with Crippen molar-refractivity contribution in [2.75, 3.05) is 34.2 Å². The van der Waals surface area contributed by atoms with Crippen LogP contribution in [0.2, 0.25) is 0 Å². The maximum absolute atomic E-state index is 5.58. The largest absolute Gasteiger partial charge is 0.325 e. The third-order valence-corrected chi connectivity index (χ3v) is 2.69. The smallest absolute Gasteiger partial charge is 0.0542 e. The van der Waals surface area contributed by atoms with E-state index >= 15 is 0 Å². The molecule has 0 aromatic carbocycles. The lowest BCUT2D eigenvalue weighted by molar-refractivity contribution is 0.294. The molecule has 0 aliphatic rings. The highest BCUT2D eigenvalue weighted by Gasteiger charge is 2.02. The van der Waals surface area contributed by atoms with Crippen LogP contribution in [0.3, 0.4) is 0 Å². The molecule has 4 nitrogen and oxygen atoms in total. The number of aromatic nitrogens is 1. The van der Waals surface area contributed by atoms with Crippen molar-refractivity contribution in [2.45, 2.75) is 19.5 Å². The first-order valence-corrected chi connectivity index (χ1v) is 6.09. The number of hydrogen-bond acceptors (Lipinski definition) is 4. The highest BCUT2D eigenvalue weighted by atomic mass is 15.1. The quantitative estimate of drug-likeness (QED) is 0.765. The minimum Gasteiger partial charge on any atom is -0.325 e. The van der Waals surface area contributed by atoms with Gasteiger partial charge in [0.05, 0.1) is 5.69 Å². The molecular formula is C13H24N4.